The zero-order valence-electron chi connectivity index (χ0n) is 60.7. The van der Waals surface area contributed by atoms with E-state index in [4.69, 9.17) is 4.42 Å². The van der Waals surface area contributed by atoms with Gasteiger partial charge in [0.05, 0.1) is 0 Å². The Kier molecular flexibility index (Phi) is 13.1. The fourth-order valence-corrected chi connectivity index (χ4v) is 20.4. The summed E-state index contributed by atoms with van der Waals surface area (Å²) in [5, 5.41) is 4.95. The van der Waals surface area contributed by atoms with Crippen LogP contribution in [0.15, 0.2) is 186 Å². The maximum absolute atomic E-state index is 7.87. The van der Waals surface area contributed by atoms with E-state index < -0.39 is 0 Å². The Morgan fingerprint density at radius 1 is 0.357 bits per heavy atom. The molecule has 0 radical (unpaired) electrons. The van der Waals surface area contributed by atoms with Crippen LogP contribution in [0.5, 0.6) is 0 Å². The molecule has 0 saturated heterocycles. The average molecular weight is 1300 g/mol. The van der Waals surface area contributed by atoms with E-state index in [0.717, 1.165) is 85.2 Å². The maximum Gasteiger partial charge on any atom is 0.333 e. The lowest BCUT2D eigenvalue weighted by atomic mass is 9.42. The molecule has 0 amide bonds. The van der Waals surface area contributed by atoms with Gasteiger partial charge in [-0.25, -0.2) is 0 Å². The van der Waals surface area contributed by atoms with E-state index in [2.05, 4.69) is 307 Å². The molecule has 6 aliphatic rings. The van der Waals surface area contributed by atoms with Crippen LogP contribution in [0.2, 0.25) is 0 Å². The normalized spacial score (nSPS) is 19.7. The summed E-state index contributed by atoms with van der Waals surface area (Å²) in [6, 6.07) is 72.3. The number of hydrogen-bond acceptors (Lipinski definition) is 5. The zero-order valence-corrected chi connectivity index (χ0v) is 61.5. The highest BCUT2D eigenvalue weighted by Crippen LogP contribution is 2.59. The van der Waals surface area contributed by atoms with Crippen LogP contribution in [-0.2, 0) is 43.3 Å². The first kappa shape index (κ1) is 62.0. The van der Waals surface area contributed by atoms with Crippen molar-refractivity contribution < 1.29 is 4.42 Å². The first-order chi connectivity index (χ1) is 46.5. The second kappa shape index (κ2) is 20.7. The lowest BCUT2D eigenvalue weighted by molar-refractivity contribution is 0.332. The Hall–Kier alpha value is -8.32. The highest BCUT2D eigenvalue weighted by atomic mass is 32.1. The third kappa shape index (κ3) is 9.13. The minimum atomic E-state index is -0.231. The van der Waals surface area contributed by atoms with E-state index in [1.54, 1.807) is 0 Å². The van der Waals surface area contributed by atoms with E-state index in [1.807, 2.05) is 11.3 Å². The van der Waals surface area contributed by atoms with Gasteiger partial charge in [-0.15, -0.1) is 11.3 Å². The molecule has 0 atom stereocenters. The molecule has 98 heavy (non-hydrogen) atoms. The zero-order chi connectivity index (χ0) is 67.9. The molecule has 4 aliphatic carbocycles. The van der Waals surface area contributed by atoms with Crippen LogP contribution >= 0.6 is 11.3 Å². The number of thiophene rings is 1. The predicted molar refractivity (Wildman–Crippen MR) is 422 cm³/mol. The van der Waals surface area contributed by atoms with Crippen LogP contribution in [-0.4, -0.2) is 6.85 Å². The highest BCUT2D eigenvalue weighted by molar-refractivity contribution is 7.25. The number of hydrogen-bond donors (Lipinski definition) is 0. The van der Waals surface area contributed by atoms with E-state index in [-0.39, 0.29) is 50.2 Å². The van der Waals surface area contributed by atoms with Crippen molar-refractivity contribution >= 4 is 117 Å². The van der Waals surface area contributed by atoms with Crippen LogP contribution in [0.3, 0.4) is 0 Å². The molecular weight excluding hydrogens is 1210 g/mol. The fourth-order valence-electron chi connectivity index (χ4n) is 19.3. The van der Waals surface area contributed by atoms with Gasteiger partial charge in [0, 0.05) is 82.0 Å². The summed E-state index contributed by atoms with van der Waals surface area (Å²) in [4.78, 5) is 8.15. The number of fused-ring (bicyclic) bond motifs is 15. The van der Waals surface area contributed by atoms with Crippen molar-refractivity contribution in [2.45, 2.75) is 205 Å². The van der Waals surface area contributed by atoms with Crippen molar-refractivity contribution in [1.82, 2.24) is 0 Å². The maximum atomic E-state index is 7.87. The van der Waals surface area contributed by atoms with Gasteiger partial charge >= 0.3 is 6.85 Å². The van der Waals surface area contributed by atoms with Gasteiger partial charge in [-0.3, -0.25) is 0 Å². The molecule has 0 unspecified atom stereocenters. The molecule has 0 bridgehead atoms. The SMILES string of the molecule is CC1(C)CCC(C)(C)c2cc(N3B4c5cc6c(cc5N(c5ccc7c(c5)C(C)(C)CCC7(C)C)c5cc(N(c7cccc(-c8ccccc8)c7)c7ccc8c(c7)sc7ccccc78)cc(c54)-c4c3ccc3c4oc4cc5c(cc43)C(C)(C)CCC5(C)C)C(C)(C)CCC6(C)C)ccc21. The molecule has 0 fully saturated rings. The van der Waals surface area contributed by atoms with Crippen molar-refractivity contribution in [3.05, 3.63) is 226 Å². The van der Waals surface area contributed by atoms with Gasteiger partial charge in [-0.1, -0.05) is 196 Å². The molecule has 4 nitrogen and oxygen atoms in total. The number of anilines is 8. The predicted octanol–water partition coefficient (Wildman–Crippen LogP) is 25.2. The summed E-state index contributed by atoms with van der Waals surface area (Å²) < 4.78 is 10.4. The molecule has 6 heteroatoms. The number of benzene rings is 10. The largest absolute Gasteiger partial charge is 0.455 e. The smallest absolute Gasteiger partial charge is 0.333 e. The monoisotopic (exact) mass is 1300 g/mol. The molecule has 0 saturated carbocycles. The van der Waals surface area contributed by atoms with Crippen LogP contribution < -0.4 is 25.5 Å². The lowest BCUT2D eigenvalue weighted by Crippen LogP contribution is -2.62. The summed E-state index contributed by atoms with van der Waals surface area (Å²) in [5.41, 5.74) is 30.3. The summed E-state index contributed by atoms with van der Waals surface area (Å²) in [7, 11) is 0. The van der Waals surface area contributed by atoms with Gasteiger partial charge in [0.25, 0.3) is 0 Å². The molecule has 2 aromatic heterocycles. The van der Waals surface area contributed by atoms with Crippen molar-refractivity contribution in [1.29, 1.82) is 0 Å². The minimum Gasteiger partial charge on any atom is -0.455 e. The van der Waals surface area contributed by atoms with Gasteiger partial charge in [0.1, 0.15) is 11.2 Å². The van der Waals surface area contributed by atoms with Crippen LogP contribution in [0.1, 0.15) is 207 Å². The second-order valence-electron chi connectivity index (χ2n) is 35.9. The second-order valence-corrected chi connectivity index (χ2v) is 37.0. The van der Waals surface area contributed by atoms with E-state index >= 15 is 0 Å². The molecule has 0 N–H and O–H groups in total. The molecule has 0 spiro atoms. The Balaban J connectivity index is 1.01. The van der Waals surface area contributed by atoms with Gasteiger partial charge in [-0.2, -0.15) is 0 Å². The van der Waals surface area contributed by atoms with Gasteiger partial charge in [0.2, 0.25) is 0 Å². The van der Waals surface area contributed by atoms with E-state index in [1.165, 1.54) is 132 Å². The summed E-state index contributed by atoms with van der Waals surface area (Å²) in [6.45, 7) is 39.5. The van der Waals surface area contributed by atoms with Crippen LogP contribution in [0, 0.1) is 0 Å². The standard InChI is InChI=1S/C92H94BN3OS/c1-85(2)37-39-87(5,6)69-47-58(30-34-67(69)85)95-77-53-73-72(90(11,12)42-43-91(73,13)14)52-75(77)93-83-66(46-61(49-78(83)95)94(57-26-22-25-56(45-57)55-23-18-17-19-24-55)59-29-32-63-62-27-20-21-28-80(62)98-81(63)50-59)82-76(96(93)60-31-35-68-70(48-60)88(7,8)40-38-86(68,3)4)36-33-64-65-51-71-74(54-79(65)97-84(64)82)92(15,16)44-41-89(71,9)10/h17-36,45-54H,37-44H2,1-16H3. The van der Waals surface area contributed by atoms with Crippen molar-refractivity contribution in [2.24, 2.45) is 0 Å². The first-order valence-electron chi connectivity index (χ1n) is 36.7. The fraction of sp³-hybridized carbons (Fsp3) is 0.348. The molecule has 2 aliphatic heterocycles. The number of rotatable bonds is 6. The van der Waals surface area contributed by atoms with Gasteiger partial charge in [-0.05, 0) is 264 Å². The van der Waals surface area contributed by atoms with Gasteiger partial charge in [0.15, 0.2) is 0 Å². The Bertz CT molecular complexity index is 5390. The topological polar surface area (TPSA) is 22.9 Å². The quantitative estimate of drug-likeness (QED) is 0.155. The van der Waals surface area contributed by atoms with E-state index in [9.17, 15) is 0 Å². The average Bonchev–Trinajstić information content (AvgIpc) is 0.997. The molecule has 12 aromatic rings. The summed E-state index contributed by atoms with van der Waals surface area (Å²) in [5.74, 6) is 0. The molecule has 18 rings (SSSR count). The van der Waals surface area contributed by atoms with E-state index in [0.29, 0.717) is 0 Å². The Morgan fingerprint density at radius 3 is 1.53 bits per heavy atom. The van der Waals surface area contributed by atoms with Crippen molar-refractivity contribution in [3.8, 4) is 22.3 Å². The van der Waals surface area contributed by atoms with Crippen molar-refractivity contribution in [2.75, 3.05) is 14.6 Å². The third-order valence-electron chi connectivity index (χ3n) is 25.9. The lowest BCUT2D eigenvalue weighted by Gasteiger charge is -2.49. The molecule has 10 aromatic carbocycles. The Labute approximate surface area is 586 Å². The molecule has 492 valence electrons. The van der Waals surface area contributed by atoms with Gasteiger partial charge < -0.3 is 19.0 Å². The molecular formula is C92H94BN3OS. The Morgan fingerprint density at radius 2 is 0.878 bits per heavy atom. The van der Waals surface area contributed by atoms with Crippen molar-refractivity contribution in [3.63, 3.8) is 0 Å². The number of furan rings is 1. The highest BCUT2D eigenvalue weighted by Gasteiger charge is 2.51. The van der Waals surface area contributed by atoms with Crippen LogP contribution in [0.25, 0.3) is 64.4 Å². The summed E-state index contributed by atoms with van der Waals surface area (Å²) in [6.07, 6.45) is 9.10. The molecule has 4 heterocycles. The first-order valence-corrected chi connectivity index (χ1v) is 37.5. The third-order valence-corrected chi connectivity index (χ3v) is 27.0. The summed E-state index contributed by atoms with van der Waals surface area (Å²) >= 11 is 1.89. The number of nitrogens with zero attached hydrogens (tertiary/aromatic N) is 3. The minimum absolute atomic E-state index is 0.00522. The van der Waals surface area contributed by atoms with Crippen LogP contribution in [0.4, 0.5) is 45.5 Å².